The zero-order chi connectivity index (χ0) is 8.85. The molecule has 0 aliphatic heterocycles. The van der Waals surface area contributed by atoms with E-state index < -0.39 is 0 Å². The van der Waals surface area contributed by atoms with E-state index in [-0.39, 0.29) is 0 Å². The highest BCUT2D eigenvalue weighted by Crippen LogP contribution is 2.23. The van der Waals surface area contributed by atoms with Crippen molar-refractivity contribution in [3.05, 3.63) is 24.3 Å². The van der Waals surface area contributed by atoms with Gasteiger partial charge in [0.25, 0.3) is 0 Å². The summed E-state index contributed by atoms with van der Waals surface area (Å²) < 4.78 is 0. The van der Waals surface area contributed by atoms with Gasteiger partial charge in [-0.3, -0.25) is 0 Å². The fraction of sp³-hybridized carbons (Fsp3) is 0.636. The maximum atomic E-state index is 3.77. The molecule has 0 spiro atoms. The van der Waals surface area contributed by atoms with E-state index >= 15 is 0 Å². The normalized spacial score (nSPS) is 15.2. The van der Waals surface area contributed by atoms with E-state index in [1.807, 2.05) is 6.08 Å². The minimum absolute atomic E-state index is 0.692. The molecule has 0 aromatic rings. The average Bonchev–Trinajstić information content (AvgIpc) is 1.98. The van der Waals surface area contributed by atoms with Gasteiger partial charge < -0.3 is 0 Å². The second kappa shape index (κ2) is 5.17. The molecule has 0 unspecified atom stereocenters. The van der Waals surface area contributed by atoms with Gasteiger partial charge in [0.05, 0.1) is 0 Å². The van der Waals surface area contributed by atoms with Gasteiger partial charge in [-0.15, -0.1) is 6.58 Å². The summed E-state index contributed by atoms with van der Waals surface area (Å²) in [4.78, 5) is 0. The van der Waals surface area contributed by atoms with E-state index in [2.05, 4.69) is 40.3 Å². The first-order valence-corrected chi connectivity index (χ1v) is 4.37. The van der Waals surface area contributed by atoms with Crippen LogP contribution in [0.15, 0.2) is 24.3 Å². The number of hydrogen-bond donors (Lipinski definition) is 0. The van der Waals surface area contributed by atoms with Crippen LogP contribution in [-0.2, 0) is 0 Å². The van der Waals surface area contributed by atoms with Crippen molar-refractivity contribution in [2.45, 2.75) is 34.1 Å². The van der Waals surface area contributed by atoms with Crippen molar-refractivity contribution < 1.29 is 0 Å². The first-order valence-electron chi connectivity index (χ1n) is 4.37. The molecule has 64 valence electrons. The summed E-state index contributed by atoms with van der Waals surface area (Å²) >= 11 is 0. The van der Waals surface area contributed by atoms with Gasteiger partial charge in [-0.25, -0.2) is 0 Å². The number of rotatable bonds is 4. The Kier molecular flexibility index (Phi) is 4.93. The molecule has 0 heterocycles. The van der Waals surface area contributed by atoms with Gasteiger partial charge in [-0.1, -0.05) is 31.6 Å². The van der Waals surface area contributed by atoms with Gasteiger partial charge in [0.15, 0.2) is 0 Å². The second-order valence-corrected chi connectivity index (χ2v) is 3.41. The molecule has 0 aromatic heterocycles. The molecule has 0 radical (unpaired) electrons. The van der Waals surface area contributed by atoms with Crippen LogP contribution in [0.3, 0.4) is 0 Å². The molecule has 0 bridgehead atoms. The molecule has 0 N–H and O–H groups in total. The molecule has 0 rings (SSSR count). The number of allylic oxidation sites excluding steroid dienone is 3. The van der Waals surface area contributed by atoms with E-state index in [1.165, 1.54) is 5.57 Å². The lowest BCUT2D eigenvalue weighted by atomic mass is 9.86. The highest BCUT2D eigenvalue weighted by atomic mass is 14.2. The highest BCUT2D eigenvalue weighted by Gasteiger charge is 2.11. The Morgan fingerprint density at radius 3 is 2.27 bits per heavy atom. The molecule has 0 aliphatic carbocycles. The fourth-order valence-corrected chi connectivity index (χ4v) is 1.38. The minimum Gasteiger partial charge on any atom is -0.103 e. The van der Waals surface area contributed by atoms with Crippen molar-refractivity contribution in [3.63, 3.8) is 0 Å². The van der Waals surface area contributed by atoms with Crippen LogP contribution < -0.4 is 0 Å². The van der Waals surface area contributed by atoms with Crippen molar-refractivity contribution in [1.29, 1.82) is 0 Å². The van der Waals surface area contributed by atoms with E-state index in [0.29, 0.717) is 5.92 Å². The largest absolute Gasteiger partial charge is 0.103 e. The maximum absolute atomic E-state index is 3.77. The molecule has 0 amide bonds. The van der Waals surface area contributed by atoms with E-state index in [9.17, 15) is 0 Å². The molecule has 0 nitrogen and oxygen atoms in total. The van der Waals surface area contributed by atoms with Crippen molar-refractivity contribution in [2.24, 2.45) is 11.8 Å². The van der Waals surface area contributed by atoms with Crippen molar-refractivity contribution >= 4 is 0 Å². The Morgan fingerprint density at radius 2 is 2.00 bits per heavy atom. The Hall–Kier alpha value is -0.520. The predicted octanol–water partition coefficient (Wildman–Crippen LogP) is 3.80. The van der Waals surface area contributed by atoms with Gasteiger partial charge in [-0.2, -0.15) is 0 Å². The topological polar surface area (TPSA) is 0 Å². The summed E-state index contributed by atoms with van der Waals surface area (Å²) in [6.07, 6.45) is 5.32. The molecular weight excluding hydrogens is 132 g/mol. The second-order valence-electron chi connectivity index (χ2n) is 3.41. The van der Waals surface area contributed by atoms with Gasteiger partial charge in [0.2, 0.25) is 0 Å². The van der Waals surface area contributed by atoms with Crippen LogP contribution in [0.4, 0.5) is 0 Å². The standard InChI is InChI=1S/C11H20/c1-6-8-11(9(3)4)10(5)7-2/h6-7,9,11H,1,8H2,2-5H3/b10-7+/t11-/m1/s1. The van der Waals surface area contributed by atoms with Crippen molar-refractivity contribution in [2.75, 3.05) is 0 Å². The highest BCUT2D eigenvalue weighted by molar-refractivity contribution is 5.04. The molecule has 0 heteroatoms. The Morgan fingerprint density at radius 1 is 1.45 bits per heavy atom. The lowest BCUT2D eigenvalue weighted by Gasteiger charge is -2.19. The Bertz CT molecular complexity index is 140. The van der Waals surface area contributed by atoms with Crippen LogP contribution in [0.25, 0.3) is 0 Å². The third kappa shape index (κ3) is 3.41. The number of hydrogen-bond acceptors (Lipinski definition) is 0. The minimum atomic E-state index is 0.692. The molecule has 1 atom stereocenters. The van der Waals surface area contributed by atoms with Crippen LogP contribution in [-0.4, -0.2) is 0 Å². The lowest BCUT2D eigenvalue weighted by molar-refractivity contribution is 0.447. The lowest BCUT2D eigenvalue weighted by Crippen LogP contribution is -2.08. The van der Waals surface area contributed by atoms with E-state index in [1.54, 1.807) is 0 Å². The average molecular weight is 152 g/mol. The Labute approximate surface area is 71.0 Å². The summed E-state index contributed by atoms with van der Waals surface area (Å²) in [5, 5.41) is 0. The monoisotopic (exact) mass is 152 g/mol. The molecule has 0 saturated heterocycles. The van der Waals surface area contributed by atoms with Crippen LogP contribution in [0.1, 0.15) is 34.1 Å². The molecular formula is C11H20. The molecule has 0 aliphatic rings. The fourth-order valence-electron chi connectivity index (χ4n) is 1.38. The summed E-state index contributed by atoms with van der Waals surface area (Å²) in [5.74, 6) is 1.42. The quantitative estimate of drug-likeness (QED) is 0.537. The van der Waals surface area contributed by atoms with Crippen LogP contribution in [0.2, 0.25) is 0 Å². The summed E-state index contributed by atoms with van der Waals surface area (Å²) in [5.41, 5.74) is 1.49. The third-order valence-electron chi connectivity index (χ3n) is 2.27. The van der Waals surface area contributed by atoms with Gasteiger partial charge in [0.1, 0.15) is 0 Å². The van der Waals surface area contributed by atoms with Gasteiger partial charge >= 0.3 is 0 Å². The third-order valence-corrected chi connectivity index (χ3v) is 2.27. The zero-order valence-corrected chi connectivity index (χ0v) is 8.22. The SMILES string of the molecule is C=CC[C@@H](/C(C)=C/C)C(C)C. The maximum Gasteiger partial charge on any atom is -0.0149 e. The predicted molar refractivity (Wildman–Crippen MR) is 52.6 cm³/mol. The molecule has 11 heavy (non-hydrogen) atoms. The molecule has 0 saturated carbocycles. The molecule has 0 aromatic carbocycles. The Balaban J connectivity index is 4.20. The first kappa shape index (κ1) is 10.5. The smallest absolute Gasteiger partial charge is 0.0149 e. The summed E-state index contributed by atoms with van der Waals surface area (Å²) in [7, 11) is 0. The van der Waals surface area contributed by atoms with E-state index in [4.69, 9.17) is 0 Å². The summed E-state index contributed by atoms with van der Waals surface area (Å²) in [6.45, 7) is 12.6. The summed E-state index contributed by atoms with van der Waals surface area (Å²) in [6, 6.07) is 0. The van der Waals surface area contributed by atoms with E-state index in [0.717, 1.165) is 12.3 Å². The molecule has 0 fully saturated rings. The zero-order valence-electron chi connectivity index (χ0n) is 8.22. The van der Waals surface area contributed by atoms with Gasteiger partial charge in [-0.05, 0) is 32.1 Å². The van der Waals surface area contributed by atoms with Crippen LogP contribution in [0.5, 0.6) is 0 Å². The van der Waals surface area contributed by atoms with Crippen LogP contribution in [0, 0.1) is 11.8 Å². The van der Waals surface area contributed by atoms with Crippen LogP contribution >= 0.6 is 0 Å². The van der Waals surface area contributed by atoms with Crippen molar-refractivity contribution in [3.8, 4) is 0 Å². The first-order chi connectivity index (χ1) is 5.13. The van der Waals surface area contributed by atoms with Crippen molar-refractivity contribution in [1.82, 2.24) is 0 Å². The van der Waals surface area contributed by atoms with Gasteiger partial charge in [0, 0.05) is 0 Å².